The topological polar surface area (TPSA) is 107 Å². The van der Waals surface area contributed by atoms with Gasteiger partial charge in [0.1, 0.15) is 34.7 Å². The van der Waals surface area contributed by atoms with Gasteiger partial charge in [-0.25, -0.2) is 13.6 Å². The Kier molecular flexibility index (Phi) is 10.2. The molecule has 8 nitrogen and oxygen atoms in total. The fourth-order valence-corrected chi connectivity index (χ4v) is 4.24. The number of aliphatic carboxylic acids is 1. The minimum Gasteiger partial charge on any atom is -0.496 e. The van der Waals surface area contributed by atoms with Crippen LogP contribution in [0.3, 0.4) is 0 Å². The molecule has 0 spiro atoms. The molecule has 3 aromatic rings. The van der Waals surface area contributed by atoms with Crippen molar-refractivity contribution in [1.82, 2.24) is 10.3 Å². The molecule has 1 atom stereocenters. The van der Waals surface area contributed by atoms with Gasteiger partial charge in [0.25, 0.3) is 5.91 Å². The first-order valence-electron chi connectivity index (χ1n) is 12.2. The van der Waals surface area contributed by atoms with E-state index in [9.17, 15) is 36.6 Å². The predicted molar refractivity (Wildman–Crippen MR) is 136 cm³/mol. The van der Waals surface area contributed by atoms with Gasteiger partial charge >= 0.3 is 12.1 Å². The highest BCUT2D eigenvalue weighted by Gasteiger charge is 2.39. The second-order valence-electron chi connectivity index (χ2n) is 8.75. The standard InChI is InChI=1S/C28H27F5N2O6/c1-4-41-14-15-10-22(39-2)17(23(11-15)40-3)12-16-8-9-34-20(25(16)28(31,32)33)13-21(27(37)38)35-26(36)24-18(29)6-5-7-19(24)30/h5-11,21H,4,12-14H2,1-3H3,(H,35,36)(H,37,38)/t21-/m0/s1. The average Bonchev–Trinajstić information content (AvgIpc) is 2.91. The van der Waals surface area contributed by atoms with Crippen LogP contribution in [0, 0.1) is 11.6 Å². The van der Waals surface area contributed by atoms with Gasteiger partial charge in [-0.1, -0.05) is 6.07 Å². The van der Waals surface area contributed by atoms with Crippen LogP contribution in [0.2, 0.25) is 0 Å². The van der Waals surface area contributed by atoms with Crippen LogP contribution < -0.4 is 14.8 Å². The molecular weight excluding hydrogens is 555 g/mol. The molecule has 3 rings (SSSR count). The quantitative estimate of drug-likeness (QED) is 0.291. The highest BCUT2D eigenvalue weighted by Crippen LogP contribution is 2.39. The zero-order chi connectivity index (χ0) is 30.3. The number of nitrogens with one attached hydrogen (secondary N) is 1. The third-order valence-electron chi connectivity index (χ3n) is 6.10. The number of carbonyl (C=O) groups is 2. The number of carboxylic acid groups (broad SMARTS) is 1. The summed E-state index contributed by atoms with van der Waals surface area (Å²) in [5, 5.41) is 11.5. The fraction of sp³-hybridized carbons (Fsp3) is 0.321. The maximum Gasteiger partial charge on any atom is 0.418 e. The molecule has 2 aromatic carbocycles. The molecule has 0 bridgehead atoms. The lowest BCUT2D eigenvalue weighted by atomic mass is 9.94. The van der Waals surface area contributed by atoms with Gasteiger partial charge in [-0.05, 0) is 48.4 Å². The molecule has 13 heteroatoms. The number of ether oxygens (including phenoxy) is 3. The van der Waals surface area contributed by atoms with Crippen LogP contribution in [0.25, 0.3) is 0 Å². The fourth-order valence-electron chi connectivity index (χ4n) is 4.24. The molecular formula is C28H27F5N2O6. The summed E-state index contributed by atoms with van der Waals surface area (Å²) in [5.74, 6) is -5.22. The SMILES string of the molecule is CCOCc1cc(OC)c(Cc2ccnc(C[C@H](NC(=O)c3c(F)cccc3F)C(=O)O)c2C(F)(F)F)c(OC)c1. The number of pyridine rings is 1. The number of amides is 1. The summed E-state index contributed by atoms with van der Waals surface area (Å²) < 4.78 is 87.5. The van der Waals surface area contributed by atoms with Gasteiger partial charge in [0.05, 0.1) is 32.1 Å². The number of methoxy groups -OCH3 is 2. The first kappa shape index (κ1) is 31.3. The lowest BCUT2D eigenvalue weighted by Crippen LogP contribution is -2.43. The normalized spacial score (nSPS) is 12.1. The van der Waals surface area contributed by atoms with E-state index >= 15 is 0 Å². The molecule has 0 unspecified atom stereocenters. The van der Waals surface area contributed by atoms with Crippen LogP contribution in [0.15, 0.2) is 42.6 Å². The van der Waals surface area contributed by atoms with Crippen molar-refractivity contribution in [2.45, 2.75) is 38.6 Å². The minimum atomic E-state index is -4.99. The van der Waals surface area contributed by atoms with E-state index in [4.69, 9.17) is 14.2 Å². The lowest BCUT2D eigenvalue weighted by molar-refractivity contribution is -0.141. The van der Waals surface area contributed by atoms with Crippen molar-refractivity contribution >= 4 is 11.9 Å². The Morgan fingerprint density at radius 1 is 1.05 bits per heavy atom. The van der Waals surface area contributed by atoms with Crippen molar-refractivity contribution in [3.63, 3.8) is 0 Å². The number of nitrogens with zero attached hydrogens (tertiary/aromatic N) is 1. The Morgan fingerprint density at radius 3 is 2.17 bits per heavy atom. The van der Waals surface area contributed by atoms with Gasteiger partial charge in [0, 0.05) is 31.2 Å². The number of hydrogen-bond acceptors (Lipinski definition) is 6. The van der Waals surface area contributed by atoms with Crippen LogP contribution in [-0.4, -0.2) is 48.8 Å². The summed E-state index contributed by atoms with van der Waals surface area (Å²) >= 11 is 0. The summed E-state index contributed by atoms with van der Waals surface area (Å²) in [6.45, 7) is 2.46. The number of benzene rings is 2. The van der Waals surface area contributed by atoms with Gasteiger partial charge in [-0.2, -0.15) is 13.2 Å². The number of carbonyl (C=O) groups excluding carboxylic acids is 1. The Labute approximate surface area is 232 Å². The van der Waals surface area contributed by atoms with Gasteiger partial charge in [0.2, 0.25) is 0 Å². The molecule has 0 aliphatic heterocycles. The molecule has 2 N–H and O–H groups in total. The third kappa shape index (κ3) is 7.48. The maximum absolute atomic E-state index is 14.4. The monoisotopic (exact) mass is 582 g/mol. The first-order valence-corrected chi connectivity index (χ1v) is 12.2. The van der Waals surface area contributed by atoms with Crippen LogP contribution >= 0.6 is 0 Å². The molecule has 1 heterocycles. The molecule has 41 heavy (non-hydrogen) atoms. The number of hydrogen-bond donors (Lipinski definition) is 2. The summed E-state index contributed by atoms with van der Waals surface area (Å²) in [5.41, 5.74) is -2.29. The van der Waals surface area contributed by atoms with E-state index in [2.05, 4.69) is 4.98 Å². The Bertz CT molecular complexity index is 1370. The van der Waals surface area contributed by atoms with Crippen molar-refractivity contribution < 1.29 is 50.9 Å². The van der Waals surface area contributed by atoms with Crippen molar-refractivity contribution in [2.24, 2.45) is 0 Å². The van der Waals surface area contributed by atoms with Crippen molar-refractivity contribution in [3.05, 3.63) is 87.7 Å². The number of aromatic nitrogens is 1. The number of carboxylic acids is 1. The van der Waals surface area contributed by atoms with Gasteiger partial charge in [-0.3, -0.25) is 9.78 Å². The second kappa shape index (κ2) is 13.4. The summed E-state index contributed by atoms with van der Waals surface area (Å²) in [6, 6.07) is 4.92. The lowest BCUT2D eigenvalue weighted by Gasteiger charge is -2.21. The first-order chi connectivity index (χ1) is 19.4. The van der Waals surface area contributed by atoms with E-state index in [1.165, 1.54) is 14.2 Å². The number of halogens is 5. The van der Waals surface area contributed by atoms with Crippen LogP contribution in [0.5, 0.6) is 11.5 Å². The molecule has 0 fully saturated rings. The Balaban J connectivity index is 2.02. The van der Waals surface area contributed by atoms with Crippen LogP contribution in [0.1, 0.15) is 45.2 Å². The number of rotatable bonds is 12. The zero-order valence-electron chi connectivity index (χ0n) is 22.3. The molecule has 1 amide bonds. The molecule has 1 aromatic heterocycles. The summed E-state index contributed by atoms with van der Waals surface area (Å²) in [6.07, 6.45) is -5.18. The smallest absolute Gasteiger partial charge is 0.418 e. The molecule has 0 aliphatic carbocycles. The van der Waals surface area contributed by atoms with E-state index in [0.717, 1.165) is 30.5 Å². The van der Waals surface area contributed by atoms with Crippen LogP contribution in [-0.2, 0) is 35.2 Å². The molecule has 0 radical (unpaired) electrons. The van der Waals surface area contributed by atoms with E-state index in [1.54, 1.807) is 19.1 Å². The minimum absolute atomic E-state index is 0.218. The Hall–Kier alpha value is -4.26. The van der Waals surface area contributed by atoms with E-state index < -0.39 is 59.0 Å². The van der Waals surface area contributed by atoms with Gasteiger partial charge < -0.3 is 24.6 Å². The molecule has 220 valence electrons. The highest BCUT2D eigenvalue weighted by molar-refractivity contribution is 5.97. The largest absolute Gasteiger partial charge is 0.496 e. The van der Waals surface area contributed by atoms with E-state index in [1.807, 2.05) is 5.32 Å². The molecule has 0 aliphatic rings. The summed E-state index contributed by atoms with van der Waals surface area (Å²) in [4.78, 5) is 28.1. The van der Waals surface area contributed by atoms with E-state index in [0.29, 0.717) is 12.2 Å². The zero-order valence-corrected chi connectivity index (χ0v) is 22.3. The van der Waals surface area contributed by atoms with Crippen molar-refractivity contribution in [3.8, 4) is 11.5 Å². The third-order valence-corrected chi connectivity index (χ3v) is 6.10. The predicted octanol–water partition coefficient (Wildman–Crippen LogP) is 4.95. The van der Waals surface area contributed by atoms with Crippen molar-refractivity contribution in [1.29, 1.82) is 0 Å². The maximum atomic E-state index is 14.4. The summed E-state index contributed by atoms with van der Waals surface area (Å²) in [7, 11) is 2.70. The van der Waals surface area contributed by atoms with Crippen LogP contribution in [0.4, 0.5) is 22.0 Å². The molecule has 0 saturated heterocycles. The van der Waals surface area contributed by atoms with Gasteiger partial charge in [0.15, 0.2) is 0 Å². The molecule has 0 saturated carbocycles. The Morgan fingerprint density at radius 2 is 1.66 bits per heavy atom. The average molecular weight is 583 g/mol. The van der Waals surface area contributed by atoms with Gasteiger partial charge in [-0.15, -0.1) is 0 Å². The number of alkyl halides is 3. The highest BCUT2D eigenvalue weighted by atomic mass is 19.4. The van der Waals surface area contributed by atoms with E-state index in [-0.39, 0.29) is 35.7 Å². The van der Waals surface area contributed by atoms with Crippen molar-refractivity contribution in [2.75, 3.05) is 20.8 Å². The second-order valence-corrected chi connectivity index (χ2v) is 8.75.